The maximum atomic E-state index is 13.1. The van der Waals surface area contributed by atoms with Crippen molar-refractivity contribution >= 4 is 11.6 Å². The second-order valence-corrected chi connectivity index (χ2v) is 4.44. The van der Waals surface area contributed by atoms with Gasteiger partial charge in [0.2, 0.25) is 0 Å². The third-order valence-corrected chi connectivity index (χ3v) is 3.10. The third kappa shape index (κ3) is 3.08. The Morgan fingerprint density at radius 3 is 2.11 bits per heavy atom. The molecule has 5 heteroatoms. The molecule has 2 rings (SSSR count). The molecule has 0 radical (unpaired) electrons. The number of aliphatic hydroxyl groups excluding tert-OH is 1. The second-order valence-electron chi connectivity index (χ2n) is 4.04. The van der Waals surface area contributed by atoms with Crippen molar-refractivity contribution < 1.29 is 18.3 Å². The number of benzene rings is 2. The van der Waals surface area contributed by atoms with E-state index in [2.05, 4.69) is 0 Å². The Morgan fingerprint density at radius 2 is 1.53 bits per heavy atom. The van der Waals surface area contributed by atoms with Gasteiger partial charge in [-0.1, -0.05) is 35.9 Å². The van der Waals surface area contributed by atoms with E-state index >= 15 is 0 Å². The molecular weight excluding hydrogens is 277 g/mol. The molecule has 100 valence electrons. The lowest BCUT2D eigenvalue weighted by molar-refractivity contribution is 0.151. The van der Waals surface area contributed by atoms with E-state index in [-0.39, 0.29) is 16.1 Å². The van der Waals surface area contributed by atoms with Crippen LogP contribution in [-0.4, -0.2) is 5.11 Å². The molecule has 1 N–H and O–H groups in total. The van der Waals surface area contributed by atoms with Crippen LogP contribution in [0, 0.1) is 5.82 Å². The van der Waals surface area contributed by atoms with Crippen LogP contribution in [0.4, 0.5) is 13.2 Å². The van der Waals surface area contributed by atoms with Crippen LogP contribution in [0.2, 0.25) is 5.02 Å². The van der Waals surface area contributed by atoms with Crippen molar-refractivity contribution in [2.75, 3.05) is 0 Å². The molecular formula is C14H10ClF3O. The van der Waals surface area contributed by atoms with Crippen LogP contribution < -0.4 is 0 Å². The molecule has 0 aliphatic rings. The van der Waals surface area contributed by atoms with E-state index in [1.807, 2.05) is 0 Å². The molecule has 0 saturated carbocycles. The van der Waals surface area contributed by atoms with Gasteiger partial charge in [-0.05, 0) is 23.8 Å². The highest BCUT2D eigenvalue weighted by atomic mass is 35.5. The molecule has 0 amide bonds. The first-order valence-electron chi connectivity index (χ1n) is 5.50. The monoisotopic (exact) mass is 286 g/mol. The van der Waals surface area contributed by atoms with Crippen LogP contribution in [0.3, 0.4) is 0 Å². The van der Waals surface area contributed by atoms with Gasteiger partial charge in [0.15, 0.2) is 0 Å². The number of rotatable bonds is 3. The van der Waals surface area contributed by atoms with Gasteiger partial charge in [-0.15, -0.1) is 0 Å². The lowest BCUT2D eigenvalue weighted by Gasteiger charge is -2.13. The molecule has 0 bridgehead atoms. The molecule has 1 nitrogen and oxygen atoms in total. The van der Waals surface area contributed by atoms with E-state index in [4.69, 9.17) is 11.6 Å². The van der Waals surface area contributed by atoms with Crippen LogP contribution in [0.5, 0.6) is 0 Å². The summed E-state index contributed by atoms with van der Waals surface area (Å²) in [7, 11) is 0. The molecule has 0 aliphatic heterocycles. The lowest BCUT2D eigenvalue weighted by Crippen LogP contribution is -2.01. The van der Waals surface area contributed by atoms with Crippen LogP contribution in [0.1, 0.15) is 29.2 Å². The fraction of sp³-hybridized carbons (Fsp3) is 0.143. The summed E-state index contributed by atoms with van der Waals surface area (Å²) < 4.78 is 37.9. The Kier molecular flexibility index (Phi) is 4.12. The summed E-state index contributed by atoms with van der Waals surface area (Å²) in [5.41, 5.74) is 0.435. The van der Waals surface area contributed by atoms with Crippen molar-refractivity contribution in [2.45, 2.75) is 12.5 Å². The van der Waals surface area contributed by atoms with E-state index in [0.717, 1.165) is 6.07 Å². The van der Waals surface area contributed by atoms with E-state index in [1.54, 1.807) is 0 Å². The zero-order valence-electron chi connectivity index (χ0n) is 9.66. The molecule has 0 fully saturated rings. The average Bonchev–Trinajstić information content (AvgIpc) is 2.41. The van der Waals surface area contributed by atoms with Crippen molar-refractivity contribution in [1.29, 1.82) is 0 Å². The molecule has 1 unspecified atom stereocenters. The Bertz CT molecular complexity index is 569. The van der Waals surface area contributed by atoms with E-state index in [0.29, 0.717) is 5.56 Å². The zero-order valence-corrected chi connectivity index (χ0v) is 10.4. The molecule has 19 heavy (non-hydrogen) atoms. The number of hydrogen-bond donors (Lipinski definition) is 1. The van der Waals surface area contributed by atoms with Gasteiger partial charge < -0.3 is 5.11 Å². The van der Waals surface area contributed by atoms with E-state index in [9.17, 15) is 18.3 Å². The predicted molar refractivity (Wildman–Crippen MR) is 66.9 cm³/mol. The number of halogens is 4. The SMILES string of the molecule is OC(c1ccc(C(F)F)cc1)c1cc(F)ccc1Cl. The van der Waals surface area contributed by atoms with Gasteiger partial charge in [-0.3, -0.25) is 0 Å². The standard InChI is InChI=1S/C14H10ClF3O/c15-12-6-5-10(16)7-11(12)13(19)8-1-3-9(4-2-8)14(17)18/h1-7,13-14,19H. The molecule has 0 spiro atoms. The largest absolute Gasteiger partial charge is 0.384 e. The van der Waals surface area contributed by atoms with Gasteiger partial charge in [-0.25, -0.2) is 13.2 Å². The summed E-state index contributed by atoms with van der Waals surface area (Å²) in [4.78, 5) is 0. The highest BCUT2D eigenvalue weighted by molar-refractivity contribution is 6.31. The Balaban J connectivity index is 2.33. The minimum Gasteiger partial charge on any atom is -0.384 e. The van der Waals surface area contributed by atoms with Crippen LogP contribution in [0.15, 0.2) is 42.5 Å². The van der Waals surface area contributed by atoms with Gasteiger partial charge >= 0.3 is 0 Å². The van der Waals surface area contributed by atoms with Gasteiger partial charge in [0.05, 0.1) is 0 Å². The first kappa shape index (κ1) is 13.9. The average molecular weight is 287 g/mol. The minimum absolute atomic E-state index is 0.138. The van der Waals surface area contributed by atoms with Crippen molar-refractivity contribution in [1.82, 2.24) is 0 Å². The summed E-state index contributed by atoms with van der Waals surface area (Å²) in [6.45, 7) is 0. The van der Waals surface area contributed by atoms with Crippen LogP contribution >= 0.6 is 11.6 Å². The molecule has 2 aromatic carbocycles. The molecule has 0 heterocycles. The number of alkyl halides is 2. The number of aliphatic hydroxyl groups is 1. The minimum atomic E-state index is -2.57. The topological polar surface area (TPSA) is 20.2 Å². The Labute approximate surface area is 113 Å². The summed E-state index contributed by atoms with van der Waals surface area (Å²) in [6, 6.07) is 8.81. The van der Waals surface area contributed by atoms with Crippen molar-refractivity contribution in [3.05, 3.63) is 70.0 Å². The van der Waals surface area contributed by atoms with Gasteiger partial charge in [0.1, 0.15) is 11.9 Å². The molecule has 1 atom stereocenters. The van der Waals surface area contributed by atoms with Crippen molar-refractivity contribution in [3.63, 3.8) is 0 Å². The lowest BCUT2D eigenvalue weighted by atomic mass is 10.0. The van der Waals surface area contributed by atoms with Crippen molar-refractivity contribution in [3.8, 4) is 0 Å². The van der Waals surface area contributed by atoms with Crippen LogP contribution in [0.25, 0.3) is 0 Å². The fourth-order valence-corrected chi connectivity index (χ4v) is 1.95. The quantitative estimate of drug-likeness (QED) is 0.881. The number of hydrogen-bond acceptors (Lipinski definition) is 1. The summed E-state index contributed by atoms with van der Waals surface area (Å²) in [5, 5.41) is 10.3. The highest BCUT2D eigenvalue weighted by Gasteiger charge is 2.16. The smallest absolute Gasteiger partial charge is 0.263 e. The maximum absolute atomic E-state index is 13.1. The first-order valence-corrected chi connectivity index (χ1v) is 5.88. The molecule has 0 aromatic heterocycles. The predicted octanol–water partition coefficient (Wildman–Crippen LogP) is 4.50. The second kappa shape index (κ2) is 5.63. The first-order chi connectivity index (χ1) is 8.99. The van der Waals surface area contributed by atoms with E-state index in [1.165, 1.54) is 36.4 Å². The van der Waals surface area contributed by atoms with Gasteiger partial charge in [0, 0.05) is 16.1 Å². The van der Waals surface area contributed by atoms with Gasteiger partial charge in [-0.2, -0.15) is 0 Å². The molecule has 0 aliphatic carbocycles. The normalized spacial score (nSPS) is 12.7. The highest BCUT2D eigenvalue weighted by Crippen LogP contribution is 2.30. The third-order valence-electron chi connectivity index (χ3n) is 2.76. The Morgan fingerprint density at radius 1 is 0.947 bits per heavy atom. The van der Waals surface area contributed by atoms with Crippen LogP contribution in [-0.2, 0) is 0 Å². The molecule has 2 aromatic rings. The summed E-state index contributed by atoms with van der Waals surface area (Å²) in [5.74, 6) is -0.525. The fourth-order valence-electron chi connectivity index (χ4n) is 1.73. The maximum Gasteiger partial charge on any atom is 0.263 e. The van der Waals surface area contributed by atoms with Gasteiger partial charge in [0.25, 0.3) is 6.43 Å². The summed E-state index contributed by atoms with van der Waals surface area (Å²) >= 11 is 5.88. The van der Waals surface area contributed by atoms with E-state index < -0.39 is 18.3 Å². The van der Waals surface area contributed by atoms with Crippen molar-refractivity contribution in [2.24, 2.45) is 0 Å². The summed E-state index contributed by atoms with van der Waals surface area (Å²) in [6.07, 6.45) is -3.72. The Hall–Kier alpha value is -1.52. The zero-order chi connectivity index (χ0) is 14.0. The molecule has 0 saturated heterocycles.